The number of benzene rings is 1. The van der Waals surface area contributed by atoms with Crippen molar-refractivity contribution in [3.05, 3.63) is 40.7 Å². The van der Waals surface area contributed by atoms with E-state index in [-0.39, 0.29) is 11.7 Å². The Kier molecular flexibility index (Phi) is 3.97. The standard InChI is InChI=1S/C13H14ClFO/c14-12-3-1-10(2-4-12)9-13(15)11-5-7-16-8-6-11/h1-4,9,11H,5-8H2/b13-9-. The Labute approximate surface area is 99.9 Å². The Balaban J connectivity index is 2.07. The smallest absolute Gasteiger partial charge is 0.104 e. The fraction of sp³-hybridized carbons (Fsp3) is 0.385. The van der Waals surface area contributed by atoms with Gasteiger partial charge in [-0.3, -0.25) is 0 Å². The van der Waals surface area contributed by atoms with Gasteiger partial charge in [-0.2, -0.15) is 0 Å². The van der Waals surface area contributed by atoms with E-state index in [4.69, 9.17) is 16.3 Å². The number of halogens is 2. The molecule has 0 spiro atoms. The highest BCUT2D eigenvalue weighted by Gasteiger charge is 2.17. The molecule has 0 saturated carbocycles. The molecule has 0 radical (unpaired) electrons. The molecule has 0 aliphatic carbocycles. The molecule has 86 valence electrons. The van der Waals surface area contributed by atoms with Gasteiger partial charge in [0, 0.05) is 24.2 Å². The third-order valence-corrected chi connectivity index (χ3v) is 3.04. The average molecular weight is 241 g/mol. The van der Waals surface area contributed by atoms with Crippen LogP contribution < -0.4 is 0 Å². The summed E-state index contributed by atoms with van der Waals surface area (Å²) in [5.74, 6) is -0.0324. The van der Waals surface area contributed by atoms with Gasteiger partial charge in [0.15, 0.2) is 0 Å². The second-order valence-electron chi connectivity index (χ2n) is 3.97. The van der Waals surface area contributed by atoms with Gasteiger partial charge in [0.1, 0.15) is 5.83 Å². The van der Waals surface area contributed by atoms with Crippen LogP contribution in [0.25, 0.3) is 6.08 Å². The number of ether oxygens (including phenoxy) is 1. The molecule has 2 rings (SSSR count). The SMILES string of the molecule is F/C(=C\c1ccc(Cl)cc1)C1CCOCC1. The molecule has 1 aliphatic rings. The quantitative estimate of drug-likeness (QED) is 0.757. The maximum Gasteiger partial charge on any atom is 0.104 e. The largest absolute Gasteiger partial charge is 0.381 e. The molecule has 1 aliphatic heterocycles. The van der Waals surface area contributed by atoms with Crippen LogP contribution in [-0.4, -0.2) is 13.2 Å². The molecular weight excluding hydrogens is 227 g/mol. The molecule has 1 aromatic carbocycles. The maximum atomic E-state index is 13.8. The number of rotatable bonds is 2. The van der Waals surface area contributed by atoms with E-state index in [9.17, 15) is 4.39 Å². The van der Waals surface area contributed by atoms with Crippen molar-refractivity contribution in [1.82, 2.24) is 0 Å². The minimum atomic E-state index is -0.0503. The summed E-state index contributed by atoms with van der Waals surface area (Å²) in [5.41, 5.74) is 0.855. The van der Waals surface area contributed by atoms with Gasteiger partial charge in [0.05, 0.1) is 0 Å². The first kappa shape index (κ1) is 11.6. The molecule has 0 unspecified atom stereocenters. The van der Waals surface area contributed by atoms with Crippen LogP contribution in [0.15, 0.2) is 30.1 Å². The van der Waals surface area contributed by atoms with Gasteiger partial charge in [0.25, 0.3) is 0 Å². The van der Waals surface area contributed by atoms with E-state index in [1.165, 1.54) is 0 Å². The van der Waals surface area contributed by atoms with Gasteiger partial charge in [0.2, 0.25) is 0 Å². The lowest BCUT2D eigenvalue weighted by Crippen LogP contribution is -2.15. The first-order valence-corrected chi connectivity index (χ1v) is 5.84. The summed E-state index contributed by atoms with van der Waals surface area (Å²) >= 11 is 5.77. The summed E-state index contributed by atoms with van der Waals surface area (Å²) in [6.45, 7) is 1.32. The lowest BCUT2D eigenvalue weighted by Gasteiger charge is -2.20. The van der Waals surface area contributed by atoms with Crippen LogP contribution in [0.1, 0.15) is 18.4 Å². The number of hydrogen-bond acceptors (Lipinski definition) is 1. The van der Waals surface area contributed by atoms with Crippen LogP contribution in [0.2, 0.25) is 5.02 Å². The molecule has 0 N–H and O–H groups in total. The van der Waals surface area contributed by atoms with Crippen molar-refractivity contribution in [2.45, 2.75) is 12.8 Å². The second-order valence-corrected chi connectivity index (χ2v) is 4.40. The Hall–Kier alpha value is -0.860. The van der Waals surface area contributed by atoms with Crippen LogP contribution in [0.4, 0.5) is 4.39 Å². The van der Waals surface area contributed by atoms with Crippen molar-refractivity contribution in [3.8, 4) is 0 Å². The second kappa shape index (κ2) is 5.46. The summed E-state index contributed by atoms with van der Waals surface area (Å²) < 4.78 is 19.1. The molecule has 0 bridgehead atoms. The van der Waals surface area contributed by atoms with E-state index in [2.05, 4.69) is 0 Å². The molecule has 0 aromatic heterocycles. The predicted molar refractivity (Wildman–Crippen MR) is 64.1 cm³/mol. The lowest BCUT2D eigenvalue weighted by atomic mass is 9.97. The van der Waals surface area contributed by atoms with Gasteiger partial charge < -0.3 is 4.74 Å². The Bertz CT molecular complexity index is 366. The van der Waals surface area contributed by atoms with E-state index in [1.807, 2.05) is 12.1 Å². The molecule has 16 heavy (non-hydrogen) atoms. The summed E-state index contributed by atoms with van der Waals surface area (Å²) in [5, 5.41) is 0.670. The molecule has 1 aromatic rings. The molecular formula is C13H14ClFO. The van der Waals surface area contributed by atoms with Crippen molar-refractivity contribution in [2.75, 3.05) is 13.2 Å². The van der Waals surface area contributed by atoms with E-state index < -0.39 is 0 Å². The monoisotopic (exact) mass is 240 g/mol. The van der Waals surface area contributed by atoms with Gasteiger partial charge >= 0.3 is 0 Å². The Morgan fingerprint density at radius 2 is 1.88 bits per heavy atom. The summed E-state index contributed by atoms with van der Waals surface area (Å²) in [6, 6.07) is 7.18. The fourth-order valence-corrected chi connectivity index (χ4v) is 1.94. The molecule has 1 saturated heterocycles. The molecule has 1 heterocycles. The minimum Gasteiger partial charge on any atom is -0.381 e. The van der Waals surface area contributed by atoms with Crippen molar-refractivity contribution < 1.29 is 9.13 Å². The topological polar surface area (TPSA) is 9.23 Å². The molecule has 0 atom stereocenters. The first-order valence-electron chi connectivity index (χ1n) is 5.46. The van der Waals surface area contributed by atoms with Crippen molar-refractivity contribution in [1.29, 1.82) is 0 Å². The first-order chi connectivity index (χ1) is 7.75. The van der Waals surface area contributed by atoms with E-state index in [0.29, 0.717) is 18.2 Å². The van der Waals surface area contributed by atoms with Crippen molar-refractivity contribution in [2.24, 2.45) is 5.92 Å². The van der Waals surface area contributed by atoms with Crippen LogP contribution in [0, 0.1) is 5.92 Å². The molecule has 0 amide bonds. The van der Waals surface area contributed by atoms with Crippen LogP contribution >= 0.6 is 11.6 Å². The van der Waals surface area contributed by atoms with Crippen LogP contribution in [0.3, 0.4) is 0 Å². The van der Waals surface area contributed by atoms with E-state index >= 15 is 0 Å². The zero-order chi connectivity index (χ0) is 11.4. The fourth-order valence-electron chi connectivity index (χ4n) is 1.81. The van der Waals surface area contributed by atoms with Gasteiger partial charge in [-0.25, -0.2) is 4.39 Å². The van der Waals surface area contributed by atoms with Crippen LogP contribution in [0.5, 0.6) is 0 Å². The molecule has 1 fully saturated rings. The molecule has 1 nitrogen and oxygen atoms in total. The third-order valence-electron chi connectivity index (χ3n) is 2.79. The predicted octanol–water partition coefficient (Wildman–Crippen LogP) is 4.08. The summed E-state index contributed by atoms with van der Waals surface area (Å²) in [4.78, 5) is 0. The third kappa shape index (κ3) is 3.06. The molecule has 3 heteroatoms. The van der Waals surface area contributed by atoms with Crippen molar-refractivity contribution >= 4 is 17.7 Å². The van der Waals surface area contributed by atoms with Gasteiger partial charge in [-0.15, -0.1) is 0 Å². The minimum absolute atomic E-state index is 0.0180. The van der Waals surface area contributed by atoms with Crippen LogP contribution in [-0.2, 0) is 4.74 Å². The highest BCUT2D eigenvalue weighted by molar-refractivity contribution is 6.30. The summed E-state index contributed by atoms with van der Waals surface area (Å²) in [6.07, 6.45) is 3.14. The highest BCUT2D eigenvalue weighted by Crippen LogP contribution is 2.26. The summed E-state index contributed by atoms with van der Waals surface area (Å²) in [7, 11) is 0. The highest BCUT2D eigenvalue weighted by atomic mass is 35.5. The van der Waals surface area contributed by atoms with E-state index in [1.54, 1.807) is 18.2 Å². The van der Waals surface area contributed by atoms with E-state index in [0.717, 1.165) is 18.4 Å². The zero-order valence-corrected chi connectivity index (χ0v) is 9.71. The number of allylic oxidation sites excluding steroid dienone is 1. The normalized spacial score (nSPS) is 18.8. The Morgan fingerprint density at radius 1 is 1.25 bits per heavy atom. The lowest BCUT2D eigenvalue weighted by molar-refractivity contribution is 0.0705. The zero-order valence-electron chi connectivity index (χ0n) is 8.96. The maximum absolute atomic E-state index is 13.8. The van der Waals surface area contributed by atoms with Crippen molar-refractivity contribution in [3.63, 3.8) is 0 Å². The average Bonchev–Trinajstić information content (AvgIpc) is 2.33. The Morgan fingerprint density at radius 3 is 2.50 bits per heavy atom. The van der Waals surface area contributed by atoms with Gasteiger partial charge in [-0.05, 0) is 36.6 Å². The number of hydrogen-bond donors (Lipinski definition) is 0. The van der Waals surface area contributed by atoms with Gasteiger partial charge in [-0.1, -0.05) is 23.7 Å².